The van der Waals surface area contributed by atoms with Crippen molar-refractivity contribution < 1.29 is 14.4 Å². The van der Waals surface area contributed by atoms with Crippen LogP contribution in [0.15, 0.2) is 42.5 Å². The lowest BCUT2D eigenvalue weighted by Gasteiger charge is -2.08. The predicted octanol–water partition coefficient (Wildman–Crippen LogP) is 2.78. The van der Waals surface area contributed by atoms with Crippen molar-refractivity contribution in [3.8, 4) is 0 Å². The van der Waals surface area contributed by atoms with Crippen LogP contribution in [-0.4, -0.2) is 24.3 Å². The van der Waals surface area contributed by atoms with Gasteiger partial charge in [-0.25, -0.2) is 0 Å². The third kappa shape index (κ3) is 5.75. The third-order valence-corrected chi connectivity index (χ3v) is 4.37. The van der Waals surface area contributed by atoms with Crippen LogP contribution in [-0.2, 0) is 16.0 Å². The molecular weight excluding hydrogens is 377 g/mol. The maximum absolute atomic E-state index is 12.1. The number of nitrogens with one attached hydrogen (secondary N) is 2. The van der Waals surface area contributed by atoms with Gasteiger partial charge in [0.05, 0.1) is 16.6 Å². The van der Waals surface area contributed by atoms with Gasteiger partial charge in [0.2, 0.25) is 11.8 Å². The van der Waals surface area contributed by atoms with Crippen molar-refractivity contribution in [2.75, 3.05) is 11.9 Å². The number of carbonyl (C=O) groups is 3. The molecule has 0 fully saturated rings. The summed E-state index contributed by atoms with van der Waals surface area (Å²) in [7, 11) is 0. The number of primary amides is 1. The van der Waals surface area contributed by atoms with Crippen LogP contribution < -0.4 is 16.4 Å². The number of carbonyl (C=O) groups excluding carboxylic acids is 3. The zero-order valence-corrected chi connectivity index (χ0v) is 15.2. The van der Waals surface area contributed by atoms with Crippen molar-refractivity contribution in [3.05, 3.63) is 63.6 Å². The predicted molar refractivity (Wildman–Crippen MR) is 101 cm³/mol. The number of hydrogen-bond acceptors (Lipinski definition) is 3. The highest BCUT2D eigenvalue weighted by molar-refractivity contribution is 6.42. The van der Waals surface area contributed by atoms with E-state index in [1.165, 1.54) is 0 Å². The van der Waals surface area contributed by atoms with Crippen LogP contribution in [0, 0.1) is 0 Å². The van der Waals surface area contributed by atoms with E-state index in [2.05, 4.69) is 10.6 Å². The molecule has 0 atom stereocenters. The Morgan fingerprint density at radius 2 is 1.69 bits per heavy atom. The SMILES string of the molecule is NC(=O)CNC(=O)c1ccc(NC(=O)CCc2cccc(Cl)c2Cl)cc1. The number of rotatable bonds is 7. The minimum absolute atomic E-state index is 0.188. The van der Waals surface area contributed by atoms with Crippen molar-refractivity contribution in [1.29, 1.82) is 0 Å². The smallest absolute Gasteiger partial charge is 0.251 e. The Morgan fingerprint density at radius 3 is 2.35 bits per heavy atom. The van der Waals surface area contributed by atoms with Gasteiger partial charge in [-0.3, -0.25) is 14.4 Å². The van der Waals surface area contributed by atoms with Gasteiger partial charge in [0.15, 0.2) is 0 Å². The van der Waals surface area contributed by atoms with E-state index in [0.29, 0.717) is 27.7 Å². The molecule has 2 aromatic rings. The Bertz CT molecular complexity index is 823. The summed E-state index contributed by atoms with van der Waals surface area (Å²) in [5.74, 6) is -1.23. The molecule has 6 nitrogen and oxygen atoms in total. The molecule has 0 aromatic heterocycles. The second-order valence-electron chi connectivity index (χ2n) is 5.49. The van der Waals surface area contributed by atoms with E-state index in [1.807, 2.05) is 6.07 Å². The highest BCUT2D eigenvalue weighted by atomic mass is 35.5. The lowest BCUT2D eigenvalue weighted by molar-refractivity contribution is -0.117. The van der Waals surface area contributed by atoms with Gasteiger partial charge in [-0.1, -0.05) is 35.3 Å². The Morgan fingerprint density at radius 1 is 1.00 bits per heavy atom. The Balaban J connectivity index is 1.88. The minimum atomic E-state index is -0.623. The second-order valence-corrected chi connectivity index (χ2v) is 6.27. The molecule has 0 saturated heterocycles. The van der Waals surface area contributed by atoms with Crippen molar-refractivity contribution in [1.82, 2.24) is 5.32 Å². The average molecular weight is 394 g/mol. The van der Waals surface area contributed by atoms with E-state index in [9.17, 15) is 14.4 Å². The molecule has 0 unspecified atom stereocenters. The minimum Gasteiger partial charge on any atom is -0.368 e. The molecule has 8 heteroatoms. The fourth-order valence-corrected chi connectivity index (χ4v) is 2.60. The highest BCUT2D eigenvalue weighted by Crippen LogP contribution is 2.26. The Kier molecular flexibility index (Phi) is 7.00. The topological polar surface area (TPSA) is 101 Å². The summed E-state index contributed by atoms with van der Waals surface area (Å²) < 4.78 is 0. The van der Waals surface area contributed by atoms with Crippen LogP contribution in [0.1, 0.15) is 22.3 Å². The number of amides is 3. The molecule has 2 rings (SSSR count). The summed E-state index contributed by atoms with van der Waals surface area (Å²) >= 11 is 12.0. The standard InChI is InChI=1S/C18H17Cl2N3O3/c19-14-3-1-2-11(17(14)20)6-9-16(25)23-13-7-4-12(5-8-13)18(26)22-10-15(21)24/h1-5,7-8H,6,9-10H2,(H2,21,24)(H,22,26)(H,23,25). The number of anilines is 1. The first-order valence-corrected chi connectivity index (χ1v) is 8.51. The van der Waals surface area contributed by atoms with E-state index in [4.69, 9.17) is 28.9 Å². The molecule has 0 aliphatic carbocycles. The molecule has 0 saturated carbocycles. The van der Waals surface area contributed by atoms with Crippen molar-refractivity contribution in [2.45, 2.75) is 12.8 Å². The van der Waals surface area contributed by atoms with Gasteiger partial charge in [-0.2, -0.15) is 0 Å². The van der Waals surface area contributed by atoms with Crippen LogP contribution in [0.5, 0.6) is 0 Å². The molecule has 0 aliphatic rings. The number of nitrogens with two attached hydrogens (primary N) is 1. The van der Waals surface area contributed by atoms with Crippen molar-refractivity contribution in [3.63, 3.8) is 0 Å². The zero-order chi connectivity index (χ0) is 19.1. The third-order valence-electron chi connectivity index (χ3n) is 3.51. The van der Waals surface area contributed by atoms with Crippen LogP contribution in [0.2, 0.25) is 10.0 Å². The van der Waals surface area contributed by atoms with Crippen LogP contribution in [0.4, 0.5) is 5.69 Å². The van der Waals surface area contributed by atoms with Gasteiger partial charge in [-0.05, 0) is 42.3 Å². The maximum atomic E-state index is 12.1. The van der Waals surface area contributed by atoms with Gasteiger partial charge >= 0.3 is 0 Å². The fraction of sp³-hybridized carbons (Fsp3) is 0.167. The monoisotopic (exact) mass is 393 g/mol. The summed E-state index contributed by atoms with van der Waals surface area (Å²) in [5.41, 5.74) is 6.68. The second kappa shape index (κ2) is 9.22. The van der Waals surface area contributed by atoms with E-state index in [0.717, 1.165) is 5.56 Å². The molecule has 26 heavy (non-hydrogen) atoms. The summed E-state index contributed by atoms with van der Waals surface area (Å²) in [6, 6.07) is 11.6. The summed E-state index contributed by atoms with van der Waals surface area (Å²) in [6.45, 7) is -0.233. The van der Waals surface area contributed by atoms with E-state index >= 15 is 0 Å². The summed E-state index contributed by atoms with van der Waals surface area (Å²) in [5, 5.41) is 6.03. The zero-order valence-electron chi connectivity index (χ0n) is 13.7. The molecular formula is C18H17Cl2N3O3. The fourth-order valence-electron chi connectivity index (χ4n) is 2.19. The molecule has 3 amide bonds. The van der Waals surface area contributed by atoms with Crippen molar-refractivity contribution >= 4 is 46.6 Å². The summed E-state index contributed by atoms with van der Waals surface area (Å²) in [6.07, 6.45) is 0.694. The number of hydrogen-bond donors (Lipinski definition) is 3. The molecule has 4 N–H and O–H groups in total. The van der Waals surface area contributed by atoms with Gasteiger partial charge in [0, 0.05) is 17.7 Å². The molecule has 0 heterocycles. The number of halogens is 2. The average Bonchev–Trinajstić information content (AvgIpc) is 2.61. The van der Waals surface area contributed by atoms with E-state index < -0.39 is 11.8 Å². The Hall–Kier alpha value is -2.57. The van der Waals surface area contributed by atoms with E-state index in [1.54, 1.807) is 36.4 Å². The van der Waals surface area contributed by atoms with Crippen LogP contribution >= 0.6 is 23.2 Å². The first kappa shape index (κ1) is 19.8. The molecule has 0 aliphatic heterocycles. The molecule has 0 spiro atoms. The van der Waals surface area contributed by atoms with Crippen LogP contribution in [0.3, 0.4) is 0 Å². The van der Waals surface area contributed by atoms with Crippen molar-refractivity contribution in [2.24, 2.45) is 5.73 Å². The highest BCUT2D eigenvalue weighted by Gasteiger charge is 2.09. The molecule has 136 valence electrons. The van der Waals surface area contributed by atoms with Gasteiger partial charge < -0.3 is 16.4 Å². The molecule has 0 bridgehead atoms. The molecule has 0 radical (unpaired) electrons. The first-order chi connectivity index (χ1) is 12.4. The van der Waals surface area contributed by atoms with Gasteiger partial charge in [0.25, 0.3) is 5.91 Å². The number of aryl methyl sites for hydroxylation is 1. The maximum Gasteiger partial charge on any atom is 0.251 e. The lowest BCUT2D eigenvalue weighted by atomic mass is 10.1. The normalized spacial score (nSPS) is 10.2. The van der Waals surface area contributed by atoms with E-state index in [-0.39, 0.29) is 18.9 Å². The lowest BCUT2D eigenvalue weighted by Crippen LogP contribution is -2.33. The summed E-state index contributed by atoms with van der Waals surface area (Å²) in [4.78, 5) is 34.5. The largest absolute Gasteiger partial charge is 0.368 e. The van der Waals surface area contributed by atoms with Crippen LogP contribution in [0.25, 0.3) is 0 Å². The number of benzene rings is 2. The quantitative estimate of drug-likeness (QED) is 0.673. The first-order valence-electron chi connectivity index (χ1n) is 7.76. The van der Waals surface area contributed by atoms with Gasteiger partial charge in [-0.15, -0.1) is 0 Å². The van der Waals surface area contributed by atoms with Gasteiger partial charge in [0.1, 0.15) is 0 Å². The Labute approximate surface area is 160 Å². The molecule has 2 aromatic carbocycles.